The molecule has 4 heteroatoms. The third kappa shape index (κ3) is 2.21. The van der Waals surface area contributed by atoms with Crippen molar-refractivity contribution < 1.29 is 9.84 Å². The van der Waals surface area contributed by atoms with Crippen LogP contribution in [0.3, 0.4) is 0 Å². The van der Waals surface area contributed by atoms with Gasteiger partial charge in [-0.1, -0.05) is 18.7 Å². The summed E-state index contributed by atoms with van der Waals surface area (Å²) in [4.78, 5) is 4.12. The molecule has 1 aromatic carbocycles. The summed E-state index contributed by atoms with van der Waals surface area (Å²) >= 11 is 0. The van der Waals surface area contributed by atoms with E-state index in [0.29, 0.717) is 5.82 Å². The molecular weight excluding hydrogens is 216 g/mol. The van der Waals surface area contributed by atoms with Crippen molar-refractivity contribution in [1.82, 2.24) is 9.55 Å². The summed E-state index contributed by atoms with van der Waals surface area (Å²) in [5.74, 6) is 1.30. The van der Waals surface area contributed by atoms with Gasteiger partial charge < -0.3 is 14.4 Å². The summed E-state index contributed by atoms with van der Waals surface area (Å²) in [6, 6.07) is 7.23. The Labute approximate surface area is 99.8 Å². The lowest BCUT2D eigenvalue weighted by atomic mass is 10.1. The lowest BCUT2D eigenvalue weighted by Gasteiger charge is -2.11. The number of imidazole rings is 1. The molecule has 0 aliphatic rings. The number of rotatable bonds is 4. The van der Waals surface area contributed by atoms with E-state index in [-0.39, 0.29) is 0 Å². The second-order valence-corrected chi connectivity index (χ2v) is 3.55. The Morgan fingerprint density at radius 3 is 2.71 bits per heavy atom. The Kier molecular flexibility index (Phi) is 3.25. The Morgan fingerprint density at radius 2 is 2.12 bits per heavy atom. The molecule has 0 saturated heterocycles. The van der Waals surface area contributed by atoms with E-state index in [1.165, 1.54) is 0 Å². The van der Waals surface area contributed by atoms with Gasteiger partial charge in [0.1, 0.15) is 17.7 Å². The molecule has 0 saturated carbocycles. The second-order valence-electron chi connectivity index (χ2n) is 3.55. The van der Waals surface area contributed by atoms with E-state index in [1.54, 1.807) is 42.4 Å². The van der Waals surface area contributed by atoms with Gasteiger partial charge in [-0.05, 0) is 17.7 Å². The van der Waals surface area contributed by atoms with Crippen molar-refractivity contribution in [2.24, 2.45) is 0 Å². The van der Waals surface area contributed by atoms with Gasteiger partial charge in [0.2, 0.25) is 0 Å². The second kappa shape index (κ2) is 4.84. The lowest BCUT2D eigenvalue weighted by molar-refractivity contribution is 0.208. The van der Waals surface area contributed by atoms with Crippen LogP contribution >= 0.6 is 0 Å². The zero-order chi connectivity index (χ0) is 12.3. The van der Waals surface area contributed by atoms with Gasteiger partial charge in [-0.25, -0.2) is 4.98 Å². The summed E-state index contributed by atoms with van der Waals surface area (Å²) < 4.78 is 6.76. The minimum Gasteiger partial charge on any atom is -0.497 e. The van der Waals surface area contributed by atoms with E-state index in [4.69, 9.17) is 4.74 Å². The largest absolute Gasteiger partial charge is 0.497 e. The van der Waals surface area contributed by atoms with Crippen LogP contribution in [0, 0.1) is 0 Å². The molecule has 1 aromatic heterocycles. The van der Waals surface area contributed by atoms with Crippen molar-refractivity contribution in [3.8, 4) is 5.75 Å². The number of methoxy groups -OCH3 is 1. The molecule has 0 fully saturated rings. The van der Waals surface area contributed by atoms with Crippen LogP contribution in [0.15, 0.2) is 43.2 Å². The highest BCUT2D eigenvalue weighted by Gasteiger charge is 2.15. The highest BCUT2D eigenvalue weighted by atomic mass is 16.5. The number of aliphatic hydroxyl groups is 1. The zero-order valence-corrected chi connectivity index (χ0v) is 9.58. The number of aromatic nitrogens is 2. The van der Waals surface area contributed by atoms with E-state index < -0.39 is 6.10 Å². The van der Waals surface area contributed by atoms with Gasteiger partial charge in [0, 0.05) is 18.6 Å². The Hall–Kier alpha value is -2.07. The van der Waals surface area contributed by atoms with E-state index >= 15 is 0 Å². The topological polar surface area (TPSA) is 47.3 Å². The van der Waals surface area contributed by atoms with Gasteiger partial charge in [-0.2, -0.15) is 0 Å². The third-order valence-corrected chi connectivity index (χ3v) is 2.57. The Bertz CT molecular complexity index is 502. The van der Waals surface area contributed by atoms with Gasteiger partial charge in [0.05, 0.1) is 7.11 Å². The highest BCUT2D eigenvalue weighted by molar-refractivity contribution is 5.32. The molecule has 0 aliphatic heterocycles. The number of ether oxygens (including phenoxy) is 1. The molecule has 0 radical (unpaired) electrons. The maximum absolute atomic E-state index is 10.2. The number of hydrogen-bond donors (Lipinski definition) is 1. The fourth-order valence-electron chi connectivity index (χ4n) is 1.63. The number of aliphatic hydroxyl groups excluding tert-OH is 1. The van der Waals surface area contributed by atoms with Crippen LogP contribution in [0.4, 0.5) is 0 Å². The molecule has 1 heterocycles. The minimum absolute atomic E-state index is 0.546. The van der Waals surface area contributed by atoms with Crippen LogP contribution < -0.4 is 4.74 Å². The van der Waals surface area contributed by atoms with Gasteiger partial charge in [0.15, 0.2) is 0 Å². The van der Waals surface area contributed by atoms with Crippen molar-refractivity contribution in [3.05, 3.63) is 54.6 Å². The zero-order valence-electron chi connectivity index (χ0n) is 9.58. The van der Waals surface area contributed by atoms with Crippen molar-refractivity contribution in [3.63, 3.8) is 0 Å². The van der Waals surface area contributed by atoms with Gasteiger partial charge in [-0.15, -0.1) is 0 Å². The minimum atomic E-state index is -0.770. The third-order valence-electron chi connectivity index (χ3n) is 2.57. The van der Waals surface area contributed by atoms with E-state index in [9.17, 15) is 5.11 Å². The Balaban J connectivity index is 2.30. The fraction of sp³-hybridized carbons (Fsp3) is 0.154. The molecule has 2 aromatic rings. The molecule has 17 heavy (non-hydrogen) atoms. The molecule has 0 amide bonds. The monoisotopic (exact) mass is 230 g/mol. The van der Waals surface area contributed by atoms with Crippen LogP contribution in [-0.4, -0.2) is 21.8 Å². The van der Waals surface area contributed by atoms with E-state index in [1.807, 2.05) is 12.1 Å². The maximum atomic E-state index is 10.2. The SMILES string of the molecule is C=Cn1ccnc1[C@H](O)c1ccc(OC)cc1. The normalized spacial score (nSPS) is 12.1. The molecule has 0 unspecified atom stereocenters. The van der Waals surface area contributed by atoms with Crippen molar-refractivity contribution in [2.75, 3.05) is 7.11 Å². The van der Waals surface area contributed by atoms with Crippen molar-refractivity contribution in [1.29, 1.82) is 0 Å². The molecule has 0 spiro atoms. The Morgan fingerprint density at radius 1 is 1.41 bits per heavy atom. The van der Waals surface area contributed by atoms with Crippen molar-refractivity contribution >= 4 is 6.20 Å². The maximum Gasteiger partial charge on any atom is 0.146 e. The van der Waals surface area contributed by atoms with Crippen molar-refractivity contribution in [2.45, 2.75) is 6.10 Å². The van der Waals surface area contributed by atoms with Gasteiger partial charge >= 0.3 is 0 Å². The average Bonchev–Trinajstić information content (AvgIpc) is 2.86. The smallest absolute Gasteiger partial charge is 0.146 e. The van der Waals surface area contributed by atoms with E-state index in [0.717, 1.165) is 11.3 Å². The molecule has 2 rings (SSSR count). The first-order valence-corrected chi connectivity index (χ1v) is 5.23. The predicted octanol–water partition coefficient (Wildman–Crippen LogP) is 2.07. The molecule has 4 nitrogen and oxygen atoms in total. The molecule has 0 bridgehead atoms. The molecular formula is C13H14N2O2. The summed E-state index contributed by atoms with van der Waals surface area (Å²) in [5, 5.41) is 10.2. The van der Waals surface area contributed by atoms with Gasteiger partial charge in [0.25, 0.3) is 0 Å². The average molecular weight is 230 g/mol. The molecule has 1 N–H and O–H groups in total. The quantitative estimate of drug-likeness (QED) is 0.874. The summed E-state index contributed by atoms with van der Waals surface area (Å²) in [6.07, 6.45) is 4.21. The first-order valence-electron chi connectivity index (χ1n) is 5.23. The summed E-state index contributed by atoms with van der Waals surface area (Å²) in [7, 11) is 1.61. The van der Waals surface area contributed by atoms with Crippen LogP contribution in [-0.2, 0) is 0 Å². The van der Waals surface area contributed by atoms with Crippen LogP contribution in [0.2, 0.25) is 0 Å². The van der Waals surface area contributed by atoms with Crippen LogP contribution in [0.25, 0.3) is 6.20 Å². The van der Waals surface area contributed by atoms with Gasteiger partial charge in [-0.3, -0.25) is 0 Å². The lowest BCUT2D eigenvalue weighted by Crippen LogP contribution is -2.06. The molecule has 1 atom stereocenters. The first-order chi connectivity index (χ1) is 8.26. The predicted molar refractivity (Wildman–Crippen MR) is 65.7 cm³/mol. The number of hydrogen-bond acceptors (Lipinski definition) is 3. The van der Waals surface area contributed by atoms with Crippen LogP contribution in [0.5, 0.6) is 5.75 Å². The highest BCUT2D eigenvalue weighted by Crippen LogP contribution is 2.22. The molecule has 0 aliphatic carbocycles. The fourth-order valence-corrected chi connectivity index (χ4v) is 1.63. The standard InChI is InChI=1S/C13H14N2O2/c1-3-15-9-8-14-13(15)12(16)10-4-6-11(17-2)7-5-10/h3-9,12,16H,1H2,2H3/t12-/m1/s1. The van der Waals surface area contributed by atoms with Crippen LogP contribution in [0.1, 0.15) is 17.5 Å². The van der Waals surface area contributed by atoms with E-state index in [2.05, 4.69) is 11.6 Å². The number of nitrogens with zero attached hydrogens (tertiary/aromatic N) is 2. The molecule has 88 valence electrons. The summed E-state index contributed by atoms with van der Waals surface area (Å²) in [5.41, 5.74) is 0.764. The summed E-state index contributed by atoms with van der Waals surface area (Å²) in [6.45, 7) is 3.66. The first kappa shape index (κ1) is 11.4. The number of benzene rings is 1.